The van der Waals surface area contributed by atoms with E-state index in [1.807, 2.05) is 52.8 Å². The molecular formula is C26H26BF3O4. The van der Waals surface area contributed by atoms with Gasteiger partial charge >= 0.3 is 19.3 Å². The molecule has 3 aromatic rings. The molecule has 34 heavy (non-hydrogen) atoms. The van der Waals surface area contributed by atoms with Crippen LogP contribution in [0.2, 0.25) is 0 Å². The number of carbonyl (C=O) groups is 1. The van der Waals surface area contributed by atoms with E-state index in [1.54, 1.807) is 6.07 Å². The number of rotatable bonds is 4. The highest BCUT2D eigenvalue weighted by molar-refractivity contribution is 6.65. The number of aryl methyl sites for hydroxylation is 1. The monoisotopic (exact) mass is 470 g/mol. The Bertz CT molecular complexity index is 1250. The fourth-order valence-electron chi connectivity index (χ4n) is 4.28. The van der Waals surface area contributed by atoms with E-state index in [0.29, 0.717) is 34.0 Å². The second-order valence-electron chi connectivity index (χ2n) is 9.57. The normalized spacial score (nSPS) is 17.4. The van der Waals surface area contributed by atoms with Crippen molar-refractivity contribution in [3.05, 3.63) is 65.2 Å². The van der Waals surface area contributed by atoms with Crippen molar-refractivity contribution in [2.75, 3.05) is 0 Å². The van der Waals surface area contributed by atoms with Crippen molar-refractivity contribution in [2.24, 2.45) is 0 Å². The summed E-state index contributed by atoms with van der Waals surface area (Å²) < 4.78 is 51.3. The van der Waals surface area contributed by atoms with E-state index in [-0.39, 0.29) is 5.56 Å². The highest BCUT2D eigenvalue weighted by Gasteiger charge is 2.52. The topological polar surface area (TPSA) is 55.8 Å². The maximum atomic E-state index is 13.0. The van der Waals surface area contributed by atoms with Gasteiger partial charge in [0.15, 0.2) is 0 Å². The number of benzene rings is 3. The lowest BCUT2D eigenvalue weighted by Crippen LogP contribution is -2.41. The molecule has 0 atom stereocenters. The van der Waals surface area contributed by atoms with Gasteiger partial charge in [-0.1, -0.05) is 31.2 Å². The molecule has 1 saturated heterocycles. The Labute approximate surface area is 196 Å². The zero-order valence-electron chi connectivity index (χ0n) is 19.7. The number of carboxylic acid groups (broad SMARTS) is 1. The Hall–Kier alpha value is -2.84. The van der Waals surface area contributed by atoms with Crippen LogP contribution in [-0.4, -0.2) is 29.4 Å². The highest BCUT2D eigenvalue weighted by atomic mass is 19.4. The zero-order chi connectivity index (χ0) is 25.1. The molecule has 0 aromatic heterocycles. The van der Waals surface area contributed by atoms with Gasteiger partial charge in [0.05, 0.1) is 22.3 Å². The average Bonchev–Trinajstić information content (AvgIpc) is 2.98. The number of halogens is 3. The van der Waals surface area contributed by atoms with Gasteiger partial charge in [0.1, 0.15) is 0 Å². The van der Waals surface area contributed by atoms with E-state index in [1.165, 1.54) is 12.1 Å². The van der Waals surface area contributed by atoms with E-state index in [9.17, 15) is 23.1 Å². The Balaban J connectivity index is 1.90. The summed E-state index contributed by atoms with van der Waals surface area (Å²) in [5, 5.41) is 11.4. The third kappa shape index (κ3) is 4.09. The Morgan fingerprint density at radius 2 is 1.47 bits per heavy atom. The third-order valence-corrected chi connectivity index (χ3v) is 6.92. The summed E-state index contributed by atoms with van der Waals surface area (Å²) in [6.45, 7) is 9.58. The summed E-state index contributed by atoms with van der Waals surface area (Å²) in [5.41, 5.74) is 0.798. The van der Waals surface area contributed by atoms with Crippen LogP contribution in [0.3, 0.4) is 0 Å². The summed E-state index contributed by atoms with van der Waals surface area (Å²) in [4.78, 5) is 12.1. The molecule has 0 amide bonds. The van der Waals surface area contributed by atoms with Gasteiger partial charge in [-0.3, -0.25) is 0 Å². The summed E-state index contributed by atoms with van der Waals surface area (Å²) in [5.74, 6) is -1.06. The molecule has 4 nitrogen and oxygen atoms in total. The Morgan fingerprint density at radius 3 is 1.97 bits per heavy atom. The molecule has 0 unspecified atom stereocenters. The first-order valence-electron chi connectivity index (χ1n) is 11.1. The predicted octanol–water partition coefficient (Wildman–Crippen LogP) is 6.09. The van der Waals surface area contributed by atoms with Crippen LogP contribution in [0.1, 0.15) is 56.1 Å². The smallest absolute Gasteiger partial charge is 0.478 e. The zero-order valence-corrected chi connectivity index (χ0v) is 19.7. The first kappa shape index (κ1) is 24.3. The molecule has 1 N–H and O–H groups in total. The van der Waals surface area contributed by atoms with Crippen molar-refractivity contribution in [1.29, 1.82) is 0 Å². The van der Waals surface area contributed by atoms with E-state index in [0.717, 1.165) is 17.5 Å². The molecule has 0 bridgehead atoms. The summed E-state index contributed by atoms with van der Waals surface area (Å²) in [6, 6.07) is 12.1. The van der Waals surface area contributed by atoms with Crippen molar-refractivity contribution in [3.63, 3.8) is 0 Å². The Morgan fingerprint density at radius 1 is 0.912 bits per heavy atom. The second kappa shape index (κ2) is 8.13. The van der Waals surface area contributed by atoms with Gasteiger partial charge in [-0.25, -0.2) is 4.79 Å². The summed E-state index contributed by atoms with van der Waals surface area (Å²) in [7, 11) is -0.756. The lowest BCUT2D eigenvalue weighted by Gasteiger charge is -2.32. The van der Waals surface area contributed by atoms with Crippen LogP contribution in [0.4, 0.5) is 13.2 Å². The van der Waals surface area contributed by atoms with E-state index < -0.39 is 36.0 Å². The van der Waals surface area contributed by atoms with Gasteiger partial charge < -0.3 is 14.4 Å². The van der Waals surface area contributed by atoms with Crippen LogP contribution in [0.5, 0.6) is 0 Å². The van der Waals surface area contributed by atoms with E-state index in [4.69, 9.17) is 9.31 Å². The molecule has 0 aliphatic carbocycles. The first-order chi connectivity index (χ1) is 15.7. The van der Waals surface area contributed by atoms with E-state index >= 15 is 0 Å². The largest absolute Gasteiger partial charge is 0.495 e. The van der Waals surface area contributed by atoms with Gasteiger partial charge in [0.25, 0.3) is 0 Å². The molecular weight excluding hydrogens is 444 g/mol. The van der Waals surface area contributed by atoms with Crippen molar-refractivity contribution >= 4 is 29.3 Å². The lowest BCUT2D eigenvalue weighted by atomic mass is 9.73. The van der Waals surface area contributed by atoms with Crippen LogP contribution in [-0.2, 0) is 21.9 Å². The molecule has 178 valence electrons. The minimum absolute atomic E-state index is 0.157. The van der Waals surface area contributed by atoms with E-state index in [2.05, 4.69) is 0 Å². The van der Waals surface area contributed by atoms with Crippen LogP contribution >= 0.6 is 0 Å². The third-order valence-electron chi connectivity index (χ3n) is 6.92. The van der Waals surface area contributed by atoms with Crippen LogP contribution in [0.15, 0.2) is 48.5 Å². The first-order valence-corrected chi connectivity index (χ1v) is 11.1. The average molecular weight is 470 g/mol. The Kier molecular flexibility index (Phi) is 5.81. The number of aromatic carboxylic acids is 1. The molecule has 0 radical (unpaired) electrons. The molecule has 0 saturated carbocycles. The molecule has 4 rings (SSSR count). The van der Waals surface area contributed by atoms with Crippen molar-refractivity contribution in [3.8, 4) is 11.1 Å². The van der Waals surface area contributed by atoms with Crippen molar-refractivity contribution < 1.29 is 32.4 Å². The van der Waals surface area contributed by atoms with Crippen molar-refractivity contribution in [2.45, 2.75) is 58.4 Å². The molecule has 0 spiro atoms. The van der Waals surface area contributed by atoms with Gasteiger partial charge in [-0.05, 0) is 91.3 Å². The minimum Gasteiger partial charge on any atom is -0.478 e. The number of hydrogen-bond acceptors (Lipinski definition) is 3. The highest BCUT2D eigenvalue weighted by Crippen LogP contribution is 2.38. The predicted molar refractivity (Wildman–Crippen MR) is 126 cm³/mol. The van der Waals surface area contributed by atoms with Crippen LogP contribution < -0.4 is 5.46 Å². The standard InChI is InChI=1S/C26H26BF3O4/c1-6-18-20-13-16(15-7-10-17(11-8-15)26(28,29)30)9-12-19(20)22(14-21(18)23(31)32)27-33-24(2,3)25(4,5)34-27/h7-14H,6H2,1-5H3,(H,31,32). The molecule has 1 fully saturated rings. The quantitative estimate of drug-likeness (QED) is 0.470. The fourth-order valence-corrected chi connectivity index (χ4v) is 4.28. The number of hydrogen-bond donors (Lipinski definition) is 1. The molecule has 3 aromatic carbocycles. The maximum absolute atomic E-state index is 13.0. The summed E-state index contributed by atoms with van der Waals surface area (Å²) >= 11 is 0. The molecule has 1 aliphatic heterocycles. The van der Waals surface area contributed by atoms with Gasteiger partial charge in [-0.15, -0.1) is 0 Å². The maximum Gasteiger partial charge on any atom is 0.495 e. The molecule has 1 aliphatic rings. The van der Waals surface area contributed by atoms with Crippen LogP contribution in [0.25, 0.3) is 21.9 Å². The van der Waals surface area contributed by atoms with Crippen LogP contribution in [0, 0.1) is 0 Å². The number of alkyl halides is 3. The fraction of sp³-hybridized carbons (Fsp3) is 0.346. The van der Waals surface area contributed by atoms with Gasteiger partial charge in [-0.2, -0.15) is 13.2 Å². The minimum atomic E-state index is -4.41. The van der Waals surface area contributed by atoms with Gasteiger partial charge in [0, 0.05) is 0 Å². The second-order valence-corrected chi connectivity index (χ2v) is 9.57. The molecule has 1 heterocycles. The molecule has 8 heteroatoms. The number of carboxylic acids is 1. The summed E-state index contributed by atoms with van der Waals surface area (Å²) in [6.07, 6.45) is -3.94. The SMILES string of the molecule is CCc1c(C(=O)O)cc(B2OC(C)(C)C(C)(C)O2)c2ccc(-c3ccc(C(F)(F)F)cc3)cc12. The lowest BCUT2D eigenvalue weighted by molar-refractivity contribution is -0.137. The number of fused-ring (bicyclic) bond motifs is 1. The van der Waals surface area contributed by atoms with Gasteiger partial charge in [0.2, 0.25) is 0 Å². The van der Waals surface area contributed by atoms with Crippen molar-refractivity contribution in [1.82, 2.24) is 0 Å².